The minimum atomic E-state index is -0.646. The Labute approximate surface area is 115 Å². The number of aromatic nitrogens is 2. The van der Waals surface area contributed by atoms with Gasteiger partial charge in [0.05, 0.1) is 11.3 Å². The van der Waals surface area contributed by atoms with E-state index in [0.717, 1.165) is 6.33 Å². The standard InChI is InChI=1S/C10H5Cl2N3O4/c11-5-1-2-6(15(17)18)7(3-5)19-10-8(12)9(16)13-4-14-10/h1-4H,(H,13,14,16). The highest BCUT2D eigenvalue weighted by atomic mass is 35.5. The topological polar surface area (TPSA) is 98.1 Å². The van der Waals surface area contributed by atoms with Gasteiger partial charge in [0.2, 0.25) is 11.6 Å². The van der Waals surface area contributed by atoms with Gasteiger partial charge in [-0.05, 0) is 6.07 Å². The maximum atomic E-state index is 11.2. The molecule has 0 amide bonds. The van der Waals surface area contributed by atoms with Crippen LogP contribution >= 0.6 is 23.2 Å². The van der Waals surface area contributed by atoms with Crippen molar-refractivity contribution in [1.29, 1.82) is 0 Å². The van der Waals surface area contributed by atoms with Crippen LogP contribution in [0.5, 0.6) is 11.6 Å². The maximum absolute atomic E-state index is 11.2. The van der Waals surface area contributed by atoms with Crippen molar-refractivity contribution in [3.8, 4) is 11.6 Å². The second-order valence-corrected chi connectivity index (χ2v) is 4.14. The molecule has 0 spiro atoms. The Morgan fingerprint density at radius 1 is 1.37 bits per heavy atom. The van der Waals surface area contributed by atoms with E-state index in [1.165, 1.54) is 18.2 Å². The van der Waals surface area contributed by atoms with E-state index in [9.17, 15) is 14.9 Å². The molecule has 2 rings (SSSR count). The lowest BCUT2D eigenvalue weighted by molar-refractivity contribution is -0.385. The van der Waals surface area contributed by atoms with Crippen molar-refractivity contribution in [3.63, 3.8) is 0 Å². The first-order chi connectivity index (χ1) is 8.99. The molecule has 0 aliphatic carbocycles. The van der Waals surface area contributed by atoms with Gasteiger partial charge in [0.25, 0.3) is 5.56 Å². The summed E-state index contributed by atoms with van der Waals surface area (Å²) in [5.41, 5.74) is -0.932. The number of halogens is 2. The van der Waals surface area contributed by atoms with Gasteiger partial charge in [-0.2, -0.15) is 0 Å². The number of benzene rings is 1. The lowest BCUT2D eigenvalue weighted by Crippen LogP contribution is -2.08. The molecule has 1 heterocycles. The molecule has 19 heavy (non-hydrogen) atoms. The van der Waals surface area contributed by atoms with Gasteiger partial charge in [-0.3, -0.25) is 14.9 Å². The number of nitro groups is 1. The van der Waals surface area contributed by atoms with Crippen molar-refractivity contribution in [1.82, 2.24) is 9.97 Å². The minimum Gasteiger partial charge on any atom is -0.430 e. The summed E-state index contributed by atoms with van der Waals surface area (Å²) in [6.45, 7) is 0. The van der Waals surface area contributed by atoms with E-state index < -0.39 is 10.5 Å². The van der Waals surface area contributed by atoms with Gasteiger partial charge >= 0.3 is 5.69 Å². The zero-order valence-corrected chi connectivity index (χ0v) is 10.6. The van der Waals surface area contributed by atoms with E-state index in [-0.39, 0.29) is 27.4 Å². The molecule has 1 N–H and O–H groups in total. The van der Waals surface area contributed by atoms with E-state index in [0.29, 0.717) is 0 Å². The summed E-state index contributed by atoms with van der Waals surface area (Å²) >= 11 is 11.4. The number of nitrogens with zero attached hydrogens (tertiary/aromatic N) is 2. The van der Waals surface area contributed by atoms with E-state index in [1.54, 1.807) is 0 Å². The quantitative estimate of drug-likeness (QED) is 0.694. The van der Waals surface area contributed by atoms with Gasteiger partial charge in [-0.1, -0.05) is 23.2 Å². The molecule has 98 valence electrons. The summed E-state index contributed by atoms with van der Waals surface area (Å²) < 4.78 is 5.17. The minimum absolute atomic E-state index is 0.155. The van der Waals surface area contributed by atoms with E-state index >= 15 is 0 Å². The first-order valence-corrected chi connectivity index (χ1v) is 5.59. The average molecular weight is 302 g/mol. The molecule has 7 nitrogen and oxygen atoms in total. The number of ether oxygens (including phenoxy) is 1. The Kier molecular flexibility index (Phi) is 3.68. The van der Waals surface area contributed by atoms with Crippen LogP contribution in [0.25, 0.3) is 0 Å². The zero-order chi connectivity index (χ0) is 14.0. The summed E-state index contributed by atoms with van der Waals surface area (Å²) in [6.07, 6.45) is 1.07. The molecule has 0 fully saturated rings. The third-order valence-electron chi connectivity index (χ3n) is 2.09. The van der Waals surface area contributed by atoms with Crippen molar-refractivity contribution < 1.29 is 9.66 Å². The lowest BCUT2D eigenvalue weighted by Gasteiger charge is -2.06. The van der Waals surface area contributed by atoms with Crippen molar-refractivity contribution in [3.05, 3.63) is 55.0 Å². The molecule has 2 aromatic rings. The second kappa shape index (κ2) is 5.25. The third-order valence-corrected chi connectivity index (χ3v) is 2.66. The molecule has 1 aromatic heterocycles. The molecule has 0 radical (unpaired) electrons. The molecular formula is C10H5Cl2N3O4. The Balaban J connectivity index is 2.48. The van der Waals surface area contributed by atoms with Crippen LogP contribution in [0.1, 0.15) is 0 Å². The summed E-state index contributed by atoms with van der Waals surface area (Å²) in [7, 11) is 0. The van der Waals surface area contributed by atoms with Crippen LogP contribution in [0.15, 0.2) is 29.3 Å². The molecular weight excluding hydrogens is 297 g/mol. The molecule has 9 heteroatoms. The highest BCUT2D eigenvalue weighted by Crippen LogP contribution is 2.34. The van der Waals surface area contributed by atoms with Crippen molar-refractivity contribution in [2.45, 2.75) is 0 Å². The summed E-state index contributed by atoms with van der Waals surface area (Å²) in [6, 6.07) is 3.76. The molecule has 0 saturated heterocycles. The zero-order valence-electron chi connectivity index (χ0n) is 9.09. The van der Waals surface area contributed by atoms with Gasteiger partial charge in [-0.25, -0.2) is 4.98 Å². The highest BCUT2D eigenvalue weighted by molar-refractivity contribution is 6.31. The van der Waals surface area contributed by atoms with Gasteiger partial charge in [-0.15, -0.1) is 0 Å². The Bertz CT molecular complexity index is 701. The number of hydrogen-bond donors (Lipinski definition) is 1. The van der Waals surface area contributed by atoms with Crippen molar-refractivity contribution in [2.24, 2.45) is 0 Å². The largest absolute Gasteiger partial charge is 0.430 e. The van der Waals surface area contributed by atoms with Gasteiger partial charge < -0.3 is 9.72 Å². The van der Waals surface area contributed by atoms with Gasteiger partial charge in [0.15, 0.2) is 5.02 Å². The SMILES string of the molecule is O=c1[nH]cnc(Oc2cc(Cl)ccc2[N+](=O)[O-])c1Cl. The van der Waals surface area contributed by atoms with Crippen LogP contribution in [0.3, 0.4) is 0 Å². The molecule has 0 atom stereocenters. The Morgan fingerprint density at radius 2 is 2.11 bits per heavy atom. The van der Waals surface area contributed by atoms with Crippen LogP contribution in [-0.2, 0) is 0 Å². The van der Waals surface area contributed by atoms with E-state index in [2.05, 4.69) is 9.97 Å². The first kappa shape index (κ1) is 13.3. The Morgan fingerprint density at radius 3 is 2.79 bits per heavy atom. The average Bonchev–Trinajstić information content (AvgIpc) is 2.35. The monoisotopic (exact) mass is 301 g/mol. The number of nitro benzene ring substituents is 1. The highest BCUT2D eigenvalue weighted by Gasteiger charge is 2.18. The third kappa shape index (κ3) is 2.83. The number of rotatable bonds is 3. The van der Waals surface area contributed by atoms with Crippen LogP contribution in [0.4, 0.5) is 5.69 Å². The molecule has 1 aromatic carbocycles. The fourth-order valence-corrected chi connectivity index (χ4v) is 1.57. The Hall–Kier alpha value is -2.12. The summed E-state index contributed by atoms with van der Waals surface area (Å²) in [5.74, 6) is -0.395. The fourth-order valence-electron chi connectivity index (χ4n) is 1.26. The molecule has 0 aliphatic rings. The smallest absolute Gasteiger partial charge is 0.311 e. The predicted molar refractivity (Wildman–Crippen MR) is 68.0 cm³/mol. The number of hydrogen-bond acceptors (Lipinski definition) is 5. The number of nitrogens with one attached hydrogen (secondary N) is 1. The maximum Gasteiger partial charge on any atom is 0.311 e. The van der Waals surface area contributed by atoms with E-state index in [4.69, 9.17) is 27.9 Å². The second-order valence-electron chi connectivity index (χ2n) is 3.32. The summed E-state index contributed by atoms with van der Waals surface area (Å²) in [5, 5.41) is 10.8. The number of H-pyrrole nitrogens is 1. The first-order valence-electron chi connectivity index (χ1n) is 4.84. The van der Waals surface area contributed by atoms with E-state index in [1.807, 2.05) is 0 Å². The van der Waals surface area contributed by atoms with Crippen molar-refractivity contribution >= 4 is 28.9 Å². The van der Waals surface area contributed by atoms with Gasteiger partial charge in [0.1, 0.15) is 0 Å². The van der Waals surface area contributed by atoms with Crippen LogP contribution in [0.2, 0.25) is 10.0 Å². The predicted octanol–water partition coefficient (Wildman–Crippen LogP) is 2.78. The molecule has 0 aliphatic heterocycles. The van der Waals surface area contributed by atoms with Crippen LogP contribution in [0, 0.1) is 10.1 Å². The van der Waals surface area contributed by atoms with Crippen LogP contribution < -0.4 is 10.3 Å². The summed E-state index contributed by atoms with van der Waals surface area (Å²) in [4.78, 5) is 27.4. The normalized spacial score (nSPS) is 10.2. The van der Waals surface area contributed by atoms with Crippen molar-refractivity contribution in [2.75, 3.05) is 0 Å². The number of aromatic amines is 1. The molecule has 0 unspecified atom stereocenters. The lowest BCUT2D eigenvalue weighted by atomic mass is 10.3. The van der Waals surface area contributed by atoms with Gasteiger partial charge in [0, 0.05) is 17.2 Å². The van der Waals surface area contributed by atoms with Crippen LogP contribution in [-0.4, -0.2) is 14.9 Å². The molecule has 0 bridgehead atoms. The molecule has 0 saturated carbocycles. The fraction of sp³-hybridized carbons (Fsp3) is 0.